The fraction of sp³-hybridized carbons (Fsp3) is 0.182. The highest BCUT2D eigenvalue weighted by molar-refractivity contribution is 6.35. The minimum Gasteiger partial charge on any atom is -0.453 e. The fourth-order valence-electron chi connectivity index (χ4n) is 3.07. The third kappa shape index (κ3) is 5.38. The van der Waals surface area contributed by atoms with Gasteiger partial charge in [-0.25, -0.2) is 10.4 Å². The monoisotopic (exact) mass is 457 g/mol. The van der Waals surface area contributed by atoms with E-state index in [9.17, 15) is 4.79 Å². The standard InChI is InChI=1S/C22H21Cl2N5O2/c23-16-7-6-15(18(24)9-16)11-27-29-22(30)21-19(12-26-20(10-25)28-21)31-17-3-1-2-14(8-17)13-4-5-13/h1-3,6-10,12-13,27-28H,4-5,11,25H2,(H,29,30)/b20-10-. The van der Waals surface area contributed by atoms with E-state index < -0.39 is 5.91 Å². The minimum atomic E-state index is -0.441. The molecule has 1 fully saturated rings. The Balaban J connectivity index is 1.47. The van der Waals surface area contributed by atoms with Crippen LogP contribution in [0.1, 0.15) is 29.9 Å². The van der Waals surface area contributed by atoms with Gasteiger partial charge in [0.05, 0.1) is 6.21 Å². The van der Waals surface area contributed by atoms with Gasteiger partial charge in [-0.3, -0.25) is 10.2 Å². The Morgan fingerprint density at radius 2 is 2.10 bits per heavy atom. The largest absolute Gasteiger partial charge is 0.453 e. The lowest BCUT2D eigenvalue weighted by molar-refractivity contribution is -0.119. The minimum absolute atomic E-state index is 0.179. The van der Waals surface area contributed by atoms with Gasteiger partial charge < -0.3 is 15.8 Å². The van der Waals surface area contributed by atoms with Crippen molar-refractivity contribution in [3.05, 3.63) is 87.1 Å². The molecule has 160 valence electrons. The molecule has 0 bridgehead atoms. The number of allylic oxidation sites excluding steroid dienone is 1. The summed E-state index contributed by atoms with van der Waals surface area (Å²) in [5.41, 5.74) is 13.2. The van der Waals surface area contributed by atoms with Gasteiger partial charge in [-0.05, 0) is 54.2 Å². The van der Waals surface area contributed by atoms with Crippen molar-refractivity contribution in [2.75, 3.05) is 0 Å². The summed E-state index contributed by atoms with van der Waals surface area (Å²) in [6.07, 6.45) is 5.12. The van der Waals surface area contributed by atoms with Crippen molar-refractivity contribution in [3.8, 4) is 5.75 Å². The summed E-state index contributed by atoms with van der Waals surface area (Å²) in [5, 5.41) is 3.94. The van der Waals surface area contributed by atoms with Crippen molar-refractivity contribution in [1.82, 2.24) is 16.2 Å². The number of carbonyl (C=O) groups excluding carboxylic acids is 1. The number of nitrogens with two attached hydrogens (primary N) is 1. The first-order valence-corrected chi connectivity index (χ1v) is 10.5. The molecule has 0 atom stereocenters. The Labute approximate surface area is 189 Å². The lowest BCUT2D eigenvalue weighted by Crippen LogP contribution is -2.42. The Morgan fingerprint density at radius 3 is 2.84 bits per heavy atom. The molecule has 0 radical (unpaired) electrons. The molecule has 1 aliphatic heterocycles. The molecular formula is C22H21Cl2N5O2. The second-order valence-corrected chi connectivity index (χ2v) is 8.01. The van der Waals surface area contributed by atoms with Crippen LogP contribution in [-0.2, 0) is 11.3 Å². The third-order valence-corrected chi connectivity index (χ3v) is 5.42. The number of hydrogen-bond acceptors (Lipinski definition) is 6. The van der Waals surface area contributed by atoms with Gasteiger partial charge in [-0.1, -0.05) is 41.4 Å². The maximum Gasteiger partial charge on any atom is 0.285 e. The Kier molecular flexibility index (Phi) is 6.46. The Morgan fingerprint density at radius 1 is 1.26 bits per heavy atom. The number of halogens is 2. The number of nitrogens with one attached hydrogen (secondary N) is 3. The van der Waals surface area contributed by atoms with Crippen LogP contribution in [0.4, 0.5) is 0 Å². The number of ether oxygens (including phenoxy) is 1. The lowest BCUT2D eigenvalue weighted by Gasteiger charge is -2.19. The van der Waals surface area contributed by atoms with E-state index in [0.717, 1.165) is 5.56 Å². The summed E-state index contributed by atoms with van der Waals surface area (Å²) in [4.78, 5) is 17.0. The number of aliphatic imine (C=N–C) groups is 1. The van der Waals surface area contributed by atoms with Crippen molar-refractivity contribution < 1.29 is 9.53 Å². The molecule has 1 aliphatic carbocycles. The SMILES string of the molecule is N/C=C1/N=CC(Oc2cccc(C3CC3)c2)=C(C(=O)NNCc2ccc(Cl)cc2Cl)N1. The predicted molar refractivity (Wildman–Crippen MR) is 121 cm³/mol. The highest BCUT2D eigenvalue weighted by Gasteiger charge is 2.25. The Hall–Kier alpha value is -3.00. The fourth-order valence-corrected chi connectivity index (χ4v) is 3.54. The average Bonchev–Trinajstić information content (AvgIpc) is 3.61. The molecule has 2 aromatic carbocycles. The van der Waals surface area contributed by atoms with E-state index in [4.69, 9.17) is 33.7 Å². The van der Waals surface area contributed by atoms with Crippen LogP contribution in [-0.4, -0.2) is 12.1 Å². The summed E-state index contributed by atoms with van der Waals surface area (Å²) in [6, 6.07) is 13.0. The van der Waals surface area contributed by atoms with Crippen molar-refractivity contribution >= 4 is 35.3 Å². The third-order valence-electron chi connectivity index (χ3n) is 4.84. The van der Waals surface area contributed by atoms with Crippen LogP contribution in [0, 0.1) is 0 Å². The molecule has 0 unspecified atom stereocenters. The van der Waals surface area contributed by atoms with Crippen molar-refractivity contribution in [3.63, 3.8) is 0 Å². The molecule has 2 aliphatic rings. The van der Waals surface area contributed by atoms with Gasteiger partial charge in [-0.2, -0.15) is 0 Å². The zero-order chi connectivity index (χ0) is 21.8. The molecule has 1 saturated carbocycles. The zero-order valence-electron chi connectivity index (χ0n) is 16.5. The molecular weight excluding hydrogens is 437 g/mol. The van der Waals surface area contributed by atoms with E-state index in [0.29, 0.717) is 34.1 Å². The van der Waals surface area contributed by atoms with E-state index in [1.54, 1.807) is 18.2 Å². The number of nitrogens with zero attached hydrogens (tertiary/aromatic N) is 1. The zero-order valence-corrected chi connectivity index (χ0v) is 18.0. The molecule has 7 nitrogen and oxygen atoms in total. The van der Waals surface area contributed by atoms with Crippen molar-refractivity contribution in [1.29, 1.82) is 0 Å². The van der Waals surface area contributed by atoms with Crippen LogP contribution in [0.25, 0.3) is 0 Å². The van der Waals surface area contributed by atoms with Crippen LogP contribution in [0.5, 0.6) is 5.75 Å². The number of hydrazine groups is 1. The molecule has 9 heteroatoms. The van der Waals surface area contributed by atoms with Gasteiger partial charge >= 0.3 is 0 Å². The van der Waals surface area contributed by atoms with E-state index in [-0.39, 0.29) is 11.5 Å². The van der Waals surface area contributed by atoms with Crippen molar-refractivity contribution in [2.24, 2.45) is 10.7 Å². The van der Waals surface area contributed by atoms with Crippen molar-refractivity contribution in [2.45, 2.75) is 25.3 Å². The quantitative estimate of drug-likeness (QED) is 0.474. The van der Waals surface area contributed by atoms with Gasteiger partial charge in [0, 0.05) is 22.8 Å². The van der Waals surface area contributed by atoms with Gasteiger partial charge in [-0.15, -0.1) is 0 Å². The number of benzene rings is 2. The van der Waals surface area contributed by atoms with E-state index in [1.165, 1.54) is 30.8 Å². The lowest BCUT2D eigenvalue weighted by atomic mass is 10.1. The first-order valence-electron chi connectivity index (χ1n) is 9.75. The molecule has 31 heavy (non-hydrogen) atoms. The highest BCUT2D eigenvalue weighted by Crippen LogP contribution is 2.41. The molecule has 0 spiro atoms. The second kappa shape index (κ2) is 9.43. The van der Waals surface area contributed by atoms with Gasteiger partial charge in [0.2, 0.25) is 0 Å². The van der Waals surface area contributed by atoms with E-state index in [2.05, 4.69) is 27.2 Å². The average molecular weight is 458 g/mol. The highest BCUT2D eigenvalue weighted by atomic mass is 35.5. The maximum absolute atomic E-state index is 12.8. The summed E-state index contributed by atoms with van der Waals surface area (Å²) in [5.74, 6) is 1.41. The van der Waals surface area contributed by atoms with Crippen LogP contribution in [0.15, 0.2) is 70.9 Å². The molecule has 1 heterocycles. The van der Waals surface area contributed by atoms with Crippen LogP contribution >= 0.6 is 23.2 Å². The van der Waals surface area contributed by atoms with E-state index in [1.807, 2.05) is 18.2 Å². The molecule has 2 aromatic rings. The summed E-state index contributed by atoms with van der Waals surface area (Å²) in [6.45, 7) is 0.308. The van der Waals surface area contributed by atoms with Gasteiger partial charge in [0.15, 0.2) is 11.5 Å². The summed E-state index contributed by atoms with van der Waals surface area (Å²) in [7, 11) is 0. The molecule has 4 rings (SSSR count). The van der Waals surface area contributed by atoms with Gasteiger partial charge in [0.1, 0.15) is 11.6 Å². The smallest absolute Gasteiger partial charge is 0.285 e. The molecule has 0 saturated heterocycles. The normalized spacial score (nSPS) is 16.9. The molecule has 0 aromatic heterocycles. The molecule has 1 amide bonds. The van der Waals surface area contributed by atoms with Crippen LogP contribution < -0.4 is 26.6 Å². The predicted octanol–water partition coefficient (Wildman–Crippen LogP) is 3.71. The number of amides is 1. The number of rotatable bonds is 7. The Bertz CT molecular complexity index is 1090. The summed E-state index contributed by atoms with van der Waals surface area (Å²) >= 11 is 12.1. The van der Waals surface area contributed by atoms with E-state index >= 15 is 0 Å². The van der Waals surface area contributed by atoms with Crippen LogP contribution in [0.2, 0.25) is 10.0 Å². The van der Waals surface area contributed by atoms with Gasteiger partial charge in [0.25, 0.3) is 5.91 Å². The van der Waals surface area contributed by atoms with Crippen LogP contribution in [0.3, 0.4) is 0 Å². The number of carbonyl (C=O) groups is 1. The maximum atomic E-state index is 12.8. The number of hydrogen-bond donors (Lipinski definition) is 4. The summed E-state index contributed by atoms with van der Waals surface area (Å²) < 4.78 is 5.97. The first kappa shape index (κ1) is 21.2. The topological polar surface area (TPSA) is 101 Å². The second-order valence-electron chi connectivity index (χ2n) is 7.17. The molecule has 5 N–H and O–H groups in total. The first-order chi connectivity index (χ1) is 15.0.